The number of aryl methyl sites for hydroxylation is 1. The summed E-state index contributed by atoms with van der Waals surface area (Å²) in [5, 5.41) is 15.2. The lowest BCUT2D eigenvalue weighted by Gasteiger charge is -2.42. The fourth-order valence-electron chi connectivity index (χ4n) is 3.16. The van der Waals surface area contributed by atoms with Gasteiger partial charge in [-0.2, -0.15) is 5.10 Å². The fourth-order valence-corrected chi connectivity index (χ4v) is 3.16. The molecule has 1 fully saturated rings. The minimum atomic E-state index is -0.494. The molecule has 4 heteroatoms. The van der Waals surface area contributed by atoms with Gasteiger partial charge in [0.05, 0.1) is 11.2 Å². The van der Waals surface area contributed by atoms with Gasteiger partial charge in [0, 0.05) is 13.2 Å². The molecule has 18 heavy (non-hydrogen) atoms. The van der Waals surface area contributed by atoms with Crippen molar-refractivity contribution in [3.63, 3.8) is 0 Å². The van der Waals surface area contributed by atoms with E-state index in [1.165, 1.54) is 25.7 Å². The average molecular weight is 251 g/mol. The number of nitrogens with zero attached hydrogens (tertiary/aromatic N) is 3. The zero-order valence-corrected chi connectivity index (χ0v) is 11.8. The van der Waals surface area contributed by atoms with Crippen LogP contribution in [0.15, 0.2) is 12.3 Å². The monoisotopic (exact) mass is 251 g/mol. The molecule has 0 saturated heterocycles. The van der Waals surface area contributed by atoms with Crippen molar-refractivity contribution in [3.8, 4) is 0 Å². The Morgan fingerprint density at radius 3 is 2.33 bits per heavy atom. The van der Waals surface area contributed by atoms with Crippen LogP contribution in [0.5, 0.6) is 0 Å². The van der Waals surface area contributed by atoms with E-state index in [9.17, 15) is 5.11 Å². The molecule has 0 amide bonds. The molecule has 1 saturated carbocycles. The van der Waals surface area contributed by atoms with Crippen LogP contribution < -0.4 is 0 Å². The SMILES string of the molecule is CN(C)C1(C(O)c2ccn(C)n2)CCCCCC1. The van der Waals surface area contributed by atoms with Gasteiger partial charge < -0.3 is 10.0 Å². The second-order valence-corrected chi connectivity index (χ2v) is 5.73. The molecule has 1 aromatic rings. The predicted molar refractivity (Wildman–Crippen MR) is 72.3 cm³/mol. The van der Waals surface area contributed by atoms with Gasteiger partial charge in [-0.1, -0.05) is 25.7 Å². The molecule has 1 unspecified atom stereocenters. The Kier molecular flexibility index (Phi) is 4.07. The fraction of sp³-hybridized carbons (Fsp3) is 0.786. The summed E-state index contributed by atoms with van der Waals surface area (Å²) in [6, 6.07) is 1.93. The van der Waals surface area contributed by atoms with Crippen molar-refractivity contribution in [1.29, 1.82) is 0 Å². The van der Waals surface area contributed by atoms with Crippen LogP contribution in [0, 0.1) is 0 Å². The lowest BCUT2D eigenvalue weighted by molar-refractivity contribution is -0.0224. The van der Waals surface area contributed by atoms with Crippen LogP contribution in [0.25, 0.3) is 0 Å². The van der Waals surface area contributed by atoms with Crippen molar-refractivity contribution in [2.75, 3.05) is 14.1 Å². The van der Waals surface area contributed by atoms with Gasteiger partial charge in [0.1, 0.15) is 6.10 Å². The maximum absolute atomic E-state index is 10.8. The molecular weight excluding hydrogens is 226 g/mol. The van der Waals surface area contributed by atoms with Crippen molar-refractivity contribution in [3.05, 3.63) is 18.0 Å². The second-order valence-electron chi connectivity index (χ2n) is 5.73. The number of aliphatic hydroxyl groups excluding tert-OH is 1. The molecule has 1 aromatic heterocycles. The third-order valence-electron chi connectivity index (χ3n) is 4.38. The van der Waals surface area contributed by atoms with E-state index in [1.54, 1.807) is 4.68 Å². The minimum Gasteiger partial charge on any atom is -0.385 e. The largest absolute Gasteiger partial charge is 0.385 e. The molecule has 102 valence electrons. The van der Waals surface area contributed by atoms with E-state index in [1.807, 2.05) is 19.3 Å². The minimum absolute atomic E-state index is 0.148. The van der Waals surface area contributed by atoms with Gasteiger partial charge >= 0.3 is 0 Å². The third-order valence-corrected chi connectivity index (χ3v) is 4.38. The molecular formula is C14H25N3O. The van der Waals surface area contributed by atoms with Crippen LogP contribution in [-0.4, -0.2) is 39.4 Å². The Morgan fingerprint density at radius 2 is 1.89 bits per heavy atom. The van der Waals surface area contributed by atoms with Gasteiger partial charge in [-0.15, -0.1) is 0 Å². The normalized spacial score (nSPS) is 21.8. The Bertz CT molecular complexity index is 378. The topological polar surface area (TPSA) is 41.3 Å². The summed E-state index contributed by atoms with van der Waals surface area (Å²) < 4.78 is 1.76. The van der Waals surface area contributed by atoms with Gasteiger partial charge in [-0.25, -0.2) is 0 Å². The molecule has 0 bridgehead atoms. The number of likely N-dealkylation sites (N-methyl/N-ethyl adjacent to an activating group) is 1. The smallest absolute Gasteiger partial charge is 0.116 e. The van der Waals surface area contributed by atoms with Crippen molar-refractivity contribution in [1.82, 2.24) is 14.7 Å². The van der Waals surface area contributed by atoms with Gasteiger partial charge in [-0.3, -0.25) is 4.68 Å². The summed E-state index contributed by atoms with van der Waals surface area (Å²) in [6.45, 7) is 0. The summed E-state index contributed by atoms with van der Waals surface area (Å²) >= 11 is 0. The zero-order valence-electron chi connectivity index (χ0n) is 11.8. The van der Waals surface area contributed by atoms with Gasteiger partial charge in [0.25, 0.3) is 0 Å². The molecule has 0 aromatic carbocycles. The Labute approximate surface area is 110 Å². The maximum Gasteiger partial charge on any atom is 0.116 e. The lowest BCUT2D eigenvalue weighted by Crippen LogP contribution is -2.49. The van der Waals surface area contributed by atoms with E-state index in [2.05, 4.69) is 24.1 Å². The molecule has 0 radical (unpaired) electrons. The van der Waals surface area contributed by atoms with Gasteiger partial charge in [0.2, 0.25) is 0 Å². The Hall–Kier alpha value is -0.870. The van der Waals surface area contributed by atoms with Gasteiger partial charge in [-0.05, 0) is 33.0 Å². The average Bonchev–Trinajstić information content (AvgIpc) is 2.63. The van der Waals surface area contributed by atoms with Crippen molar-refractivity contribution < 1.29 is 5.11 Å². The van der Waals surface area contributed by atoms with E-state index >= 15 is 0 Å². The van der Waals surface area contributed by atoms with Crippen LogP contribution >= 0.6 is 0 Å². The second kappa shape index (κ2) is 5.41. The first-order chi connectivity index (χ1) is 8.56. The van der Waals surface area contributed by atoms with E-state index in [0.717, 1.165) is 18.5 Å². The summed E-state index contributed by atoms with van der Waals surface area (Å²) in [5.74, 6) is 0. The highest BCUT2D eigenvalue weighted by Crippen LogP contribution is 2.40. The van der Waals surface area contributed by atoms with Crippen LogP contribution in [0.1, 0.15) is 50.3 Å². The van der Waals surface area contributed by atoms with Crippen molar-refractivity contribution >= 4 is 0 Å². The number of hydrogen-bond acceptors (Lipinski definition) is 3. The Balaban J connectivity index is 2.28. The summed E-state index contributed by atoms with van der Waals surface area (Å²) in [4.78, 5) is 2.21. The molecule has 0 aliphatic heterocycles. The summed E-state index contributed by atoms with van der Waals surface area (Å²) in [5.41, 5.74) is 0.651. The quantitative estimate of drug-likeness (QED) is 0.837. The summed E-state index contributed by atoms with van der Waals surface area (Å²) in [7, 11) is 6.06. The van der Waals surface area contributed by atoms with Crippen LogP contribution in [0.3, 0.4) is 0 Å². The predicted octanol–water partition coefficient (Wildman–Crippen LogP) is 2.11. The molecule has 1 aliphatic rings. The van der Waals surface area contributed by atoms with Crippen molar-refractivity contribution in [2.24, 2.45) is 7.05 Å². The molecule has 1 N–H and O–H groups in total. The van der Waals surface area contributed by atoms with Gasteiger partial charge in [0.15, 0.2) is 0 Å². The highest BCUT2D eigenvalue weighted by molar-refractivity contribution is 5.11. The number of rotatable bonds is 3. The standard InChI is InChI=1S/C14H25N3O/c1-16(2)14(9-6-4-5-7-10-14)13(18)12-8-11-17(3)15-12/h8,11,13,18H,4-7,9-10H2,1-3H3. The van der Waals surface area contributed by atoms with E-state index in [4.69, 9.17) is 0 Å². The van der Waals surface area contributed by atoms with Crippen LogP contribution in [0.2, 0.25) is 0 Å². The van der Waals surface area contributed by atoms with E-state index < -0.39 is 6.10 Å². The highest BCUT2D eigenvalue weighted by atomic mass is 16.3. The summed E-state index contributed by atoms with van der Waals surface area (Å²) in [6.07, 6.45) is 8.47. The first-order valence-electron chi connectivity index (χ1n) is 6.91. The molecule has 0 spiro atoms. The first kappa shape index (κ1) is 13.6. The van der Waals surface area contributed by atoms with Crippen LogP contribution in [-0.2, 0) is 7.05 Å². The maximum atomic E-state index is 10.8. The molecule has 2 rings (SSSR count). The van der Waals surface area contributed by atoms with Crippen LogP contribution in [0.4, 0.5) is 0 Å². The number of hydrogen-bond donors (Lipinski definition) is 1. The first-order valence-corrected chi connectivity index (χ1v) is 6.91. The van der Waals surface area contributed by atoms with Crippen molar-refractivity contribution in [2.45, 2.75) is 50.2 Å². The third kappa shape index (κ3) is 2.45. The van der Waals surface area contributed by atoms with E-state index in [0.29, 0.717) is 0 Å². The molecule has 1 heterocycles. The number of aromatic nitrogens is 2. The zero-order chi connectivity index (χ0) is 13.2. The molecule has 1 aliphatic carbocycles. The molecule has 4 nitrogen and oxygen atoms in total. The number of aliphatic hydroxyl groups is 1. The Morgan fingerprint density at radius 1 is 1.28 bits per heavy atom. The van der Waals surface area contributed by atoms with E-state index in [-0.39, 0.29) is 5.54 Å². The highest BCUT2D eigenvalue weighted by Gasteiger charge is 2.41. The molecule has 1 atom stereocenters. The lowest BCUT2D eigenvalue weighted by atomic mass is 9.81.